The second-order valence-corrected chi connectivity index (χ2v) is 4.98. The number of aromatic nitrogens is 2. The van der Waals surface area contributed by atoms with E-state index >= 15 is 0 Å². The normalized spacial score (nSPS) is 21.9. The number of nitrogens with zero attached hydrogens (tertiary/aromatic N) is 3. The second kappa shape index (κ2) is 7.28. The van der Waals surface area contributed by atoms with Crippen molar-refractivity contribution in [2.45, 2.75) is 18.6 Å². The van der Waals surface area contributed by atoms with Gasteiger partial charge in [0.25, 0.3) is 0 Å². The first-order chi connectivity index (χ1) is 10.1. The van der Waals surface area contributed by atoms with Crippen LogP contribution in [0, 0.1) is 5.82 Å². The van der Waals surface area contributed by atoms with Crippen LogP contribution >= 0.6 is 0 Å². The van der Waals surface area contributed by atoms with Crippen molar-refractivity contribution < 1.29 is 18.7 Å². The Hall–Kier alpha value is -1.80. The lowest BCUT2D eigenvalue weighted by Gasteiger charge is -2.32. The highest BCUT2D eigenvalue weighted by Gasteiger charge is 2.28. The van der Waals surface area contributed by atoms with Crippen LogP contribution in [0.5, 0.6) is 0 Å². The fourth-order valence-corrected chi connectivity index (χ4v) is 1.91. The minimum Gasteiger partial charge on any atom is -0.379 e. The molecule has 2 heterocycles. The van der Waals surface area contributed by atoms with Crippen molar-refractivity contribution in [3.05, 3.63) is 18.2 Å². The van der Waals surface area contributed by atoms with Gasteiger partial charge in [-0.05, 0) is 6.42 Å². The van der Waals surface area contributed by atoms with Crippen molar-refractivity contribution >= 4 is 11.9 Å². The summed E-state index contributed by atoms with van der Waals surface area (Å²) in [7, 11) is 3.36. The summed E-state index contributed by atoms with van der Waals surface area (Å²) in [5.74, 6) is -0.289. The molecule has 116 valence electrons. The summed E-state index contributed by atoms with van der Waals surface area (Å²) in [6.45, 7) is 1.00. The van der Waals surface area contributed by atoms with Crippen LogP contribution in [0.4, 0.5) is 10.3 Å². The Kier molecular flexibility index (Phi) is 5.40. The third kappa shape index (κ3) is 4.61. The van der Waals surface area contributed by atoms with Gasteiger partial charge in [0.2, 0.25) is 11.9 Å². The number of carbonyl (C=O) groups is 1. The van der Waals surface area contributed by atoms with Crippen molar-refractivity contribution in [2.75, 3.05) is 39.2 Å². The molecule has 1 aromatic heterocycles. The first-order valence-corrected chi connectivity index (χ1v) is 6.70. The predicted octanol–water partition coefficient (Wildman–Crippen LogP) is 0.290. The summed E-state index contributed by atoms with van der Waals surface area (Å²) < 4.78 is 23.8. The molecule has 1 saturated heterocycles. The van der Waals surface area contributed by atoms with E-state index in [1.54, 1.807) is 14.1 Å². The van der Waals surface area contributed by atoms with Gasteiger partial charge in [-0.25, -0.2) is 14.4 Å². The molecule has 0 aromatic carbocycles. The molecule has 21 heavy (non-hydrogen) atoms. The standard InChI is InChI=1S/C13H19FN4O3/c1-18(2)12(19)8-21-11-3-4-20-7-10(11)17-13-15-5-9(14)6-16-13/h5-6,10-11H,3-4,7-8H2,1-2H3,(H,15,16,17)/t10-,11+/m0/s1. The van der Waals surface area contributed by atoms with Crippen molar-refractivity contribution in [1.82, 2.24) is 14.9 Å². The molecule has 1 fully saturated rings. The third-order valence-electron chi connectivity index (χ3n) is 3.15. The van der Waals surface area contributed by atoms with Gasteiger partial charge in [-0.1, -0.05) is 0 Å². The molecule has 0 unspecified atom stereocenters. The molecule has 1 aromatic rings. The van der Waals surface area contributed by atoms with Crippen LogP contribution in [0.25, 0.3) is 0 Å². The van der Waals surface area contributed by atoms with Crippen molar-refractivity contribution in [3.8, 4) is 0 Å². The molecule has 1 amide bonds. The first kappa shape index (κ1) is 15.6. The zero-order chi connectivity index (χ0) is 15.2. The lowest BCUT2D eigenvalue weighted by molar-refractivity contribution is -0.138. The number of hydrogen-bond acceptors (Lipinski definition) is 6. The number of carbonyl (C=O) groups excluding carboxylic acids is 1. The maximum absolute atomic E-state index is 12.8. The van der Waals surface area contributed by atoms with Crippen LogP contribution in [0.3, 0.4) is 0 Å². The molecule has 0 aliphatic carbocycles. The van der Waals surface area contributed by atoms with E-state index in [4.69, 9.17) is 9.47 Å². The van der Waals surface area contributed by atoms with Crippen molar-refractivity contribution in [2.24, 2.45) is 0 Å². The largest absolute Gasteiger partial charge is 0.379 e. The molecule has 1 aliphatic heterocycles. The van der Waals surface area contributed by atoms with E-state index < -0.39 is 5.82 Å². The highest BCUT2D eigenvalue weighted by molar-refractivity contribution is 5.76. The van der Waals surface area contributed by atoms with Gasteiger partial charge in [0.15, 0.2) is 5.82 Å². The van der Waals surface area contributed by atoms with E-state index in [1.807, 2.05) is 0 Å². The maximum Gasteiger partial charge on any atom is 0.248 e. The van der Waals surface area contributed by atoms with E-state index in [9.17, 15) is 9.18 Å². The monoisotopic (exact) mass is 298 g/mol. The average molecular weight is 298 g/mol. The Labute approximate surface area is 122 Å². The fourth-order valence-electron chi connectivity index (χ4n) is 1.91. The van der Waals surface area contributed by atoms with Gasteiger partial charge in [0.1, 0.15) is 6.61 Å². The van der Waals surface area contributed by atoms with E-state index in [0.717, 1.165) is 12.4 Å². The summed E-state index contributed by atoms with van der Waals surface area (Å²) in [5, 5.41) is 3.05. The second-order valence-electron chi connectivity index (χ2n) is 4.98. The zero-order valence-corrected chi connectivity index (χ0v) is 12.1. The van der Waals surface area contributed by atoms with E-state index in [-0.39, 0.29) is 24.7 Å². The Bertz CT molecular complexity index is 469. The van der Waals surface area contributed by atoms with Crippen LogP contribution in [0.2, 0.25) is 0 Å². The summed E-state index contributed by atoms with van der Waals surface area (Å²) in [4.78, 5) is 20.7. The third-order valence-corrected chi connectivity index (χ3v) is 3.15. The molecular weight excluding hydrogens is 279 g/mol. The van der Waals surface area contributed by atoms with Gasteiger partial charge in [-0.2, -0.15) is 0 Å². The van der Waals surface area contributed by atoms with Crippen molar-refractivity contribution in [3.63, 3.8) is 0 Å². The Morgan fingerprint density at radius 2 is 2.24 bits per heavy atom. The molecule has 0 radical (unpaired) electrons. The molecule has 2 rings (SSSR count). The minimum absolute atomic E-state index is 0.0140. The van der Waals surface area contributed by atoms with Gasteiger partial charge in [0, 0.05) is 20.7 Å². The maximum atomic E-state index is 12.8. The smallest absolute Gasteiger partial charge is 0.248 e. The summed E-state index contributed by atoms with van der Waals surface area (Å²) in [5.41, 5.74) is 0. The number of rotatable bonds is 5. The van der Waals surface area contributed by atoms with Crippen LogP contribution in [0.1, 0.15) is 6.42 Å². The molecular formula is C13H19FN4O3. The predicted molar refractivity (Wildman–Crippen MR) is 73.3 cm³/mol. The summed E-state index contributed by atoms with van der Waals surface area (Å²) in [6, 6.07) is -0.181. The number of likely N-dealkylation sites (N-methyl/N-ethyl adjacent to an activating group) is 1. The minimum atomic E-state index is -0.496. The molecule has 7 nitrogen and oxygen atoms in total. The number of halogens is 1. The number of ether oxygens (including phenoxy) is 2. The lowest BCUT2D eigenvalue weighted by atomic mass is 10.1. The van der Waals surface area contributed by atoms with E-state index in [2.05, 4.69) is 15.3 Å². The SMILES string of the molecule is CN(C)C(=O)CO[C@@H]1CCOC[C@@H]1Nc1ncc(F)cn1. The quantitative estimate of drug-likeness (QED) is 0.842. The highest BCUT2D eigenvalue weighted by atomic mass is 19.1. The zero-order valence-electron chi connectivity index (χ0n) is 12.1. The Morgan fingerprint density at radius 1 is 1.52 bits per heavy atom. The molecule has 0 bridgehead atoms. The highest BCUT2D eigenvalue weighted by Crippen LogP contribution is 2.15. The van der Waals surface area contributed by atoms with Crippen LogP contribution < -0.4 is 5.32 Å². The number of anilines is 1. The molecule has 2 atom stereocenters. The van der Waals surface area contributed by atoms with Gasteiger partial charge in [-0.3, -0.25) is 4.79 Å². The summed E-state index contributed by atoms with van der Waals surface area (Å²) >= 11 is 0. The lowest BCUT2D eigenvalue weighted by Crippen LogP contribution is -2.45. The molecule has 0 saturated carbocycles. The molecule has 8 heteroatoms. The van der Waals surface area contributed by atoms with Gasteiger partial charge in [-0.15, -0.1) is 0 Å². The molecule has 0 spiro atoms. The number of hydrogen-bond donors (Lipinski definition) is 1. The van der Waals surface area contributed by atoms with Gasteiger partial charge in [0.05, 0.1) is 31.1 Å². The Morgan fingerprint density at radius 3 is 2.90 bits per heavy atom. The first-order valence-electron chi connectivity index (χ1n) is 6.70. The topological polar surface area (TPSA) is 76.6 Å². The molecule has 1 N–H and O–H groups in total. The number of nitrogens with one attached hydrogen (secondary N) is 1. The van der Waals surface area contributed by atoms with E-state index in [0.29, 0.717) is 25.6 Å². The number of amides is 1. The van der Waals surface area contributed by atoms with Crippen LogP contribution in [0.15, 0.2) is 12.4 Å². The van der Waals surface area contributed by atoms with Crippen molar-refractivity contribution in [1.29, 1.82) is 0 Å². The van der Waals surface area contributed by atoms with Gasteiger partial charge >= 0.3 is 0 Å². The molecule has 1 aliphatic rings. The Balaban J connectivity index is 1.92. The van der Waals surface area contributed by atoms with E-state index in [1.165, 1.54) is 4.90 Å². The average Bonchev–Trinajstić information content (AvgIpc) is 2.48. The van der Waals surface area contributed by atoms with Crippen LogP contribution in [-0.4, -0.2) is 66.8 Å². The summed E-state index contributed by atoms with van der Waals surface area (Å²) in [6.07, 6.45) is 2.66. The van der Waals surface area contributed by atoms with Crippen LogP contribution in [-0.2, 0) is 14.3 Å². The van der Waals surface area contributed by atoms with Gasteiger partial charge < -0.3 is 19.7 Å². The fraction of sp³-hybridized carbons (Fsp3) is 0.615.